The molecule has 0 radical (unpaired) electrons. The number of hydrogen-bond donors (Lipinski definition) is 0. The minimum atomic E-state index is -2.01. The summed E-state index contributed by atoms with van der Waals surface area (Å²) in [6.07, 6.45) is 4.71. The van der Waals surface area contributed by atoms with E-state index < -0.39 is 17.4 Å². The van der Waals surface area contributed by atoms with Crippen molar-refractivity contribution in [2.24, 2.45) is 0 Å². The summed E-state index contributed by atoms with van der Waals surface area (Å²) in [4.78, 5) is 11.3. The third kappa shape index (κ3) is 4.16. The number of esters is 1. The molecule has 0 aromatic rings. The van der Waals surface area contributed by atoms with Crippen molar-refractivity contribution in [3.63, 3.8) is 0 Å². The average molecular weight is 290 g/mol. The number of carbonyl (C=O) groups is 1. The van der Waals surface area contributed by atoms with E-state index in [0.717, 1.165) is 25.7 Å². The van der Waals surface area contributed by atoms with Crippen molar-refractivity contribution in [3.8, 4) is 0 Å². The van der Waals surface area contributed by atoms with Gasteiger partial charge in [0, 0.05) is 19.3 Å². The number of carbonyl (C=O) groups excluding carboxylic acids is 1. The van der Waals surface area contributed by atoms with Crippen LogP contribution in [0.2, 0.25) is 0 Å². The van der Waals surface area contributed by atoms with Gasteiger partial charge in [-0.05, 0) is 19.8 Å². The molecule has 20 heavy (non-hydrogen) atoms. The topological polar surface area (TPSA) is 44.8 Å². The van der Waals surface area contributed by atoms with Crippen LogP contribution in [0, 0.1) is 0 Å². The van der Waals surface area contributed by atoms with Gasteiger partial charge in [-0.15, -0.1) is 0 Å². The Bertz CT molecular complexity index is 311. The highest BCUT2D eigenvalue weighted by molar-refractivity contribution is 5.78. The molecular weight excluding hydrogens is 263 g/mol. The van der Waals surface area contributed by atoms with Crippen molar-refractivity contribution >= 4 is 5.97 Å². The van der Waals surface area contributed by atoms with Crippen molar-refractivity contribution in [2.75, 3.05) is 13.7 Å². The molecule has 1 aliphatic carbocycles. The fourth-order valence-corrected chi connectivity index (χ4v) is 2.79. The van der Waals surface area contributed by atoms with Gasteiger partial charge >= 0.3 is 5.97 Å². The molecule has 1 saturated heterocycles. The summed E-state index contributed by atoms with van der Waals surface area (Å²) in [5.74, 6) is -1.37. The van der Waals surface area contributed by atoms with E-state index >= 15 is 0 Å². The Hall–Kier alpha value is -0.680. The van der Waals surface area contributed by atoms with Gasteiger partial charge < -0.3 is 14.2 Å². The second-order valence-electron chi connectivity index (χ2n) is 5.42. The molecular formula is C15H27FO4. The molecule has 0 N–H and O–H groups in total. The van der Waals surface area contributed by atoms with Crippen LogP contribution < -0.4 is 0 Å². The van der Waals surface area contributed by atoms with E-state index in [9.17, 15) is 9.18 Å². The van der Waals surface area contributed by atoms with E-state index in [-0.39, 0.29) is 12.5 Å². The fourth-order valence-electron chi connectivity index (χ4n) is 2.79. The Balaban J connectivity index is 0.000000956. The molecule has 1 unspecified atom stereocenters. The summed E-state index contributed by atoms with van der Waals surface area (Å²) in [7, 11) is 1.19. The van der Waals surface area contributed by atoms with E-state index in [1.165, 1.54) is 20.5 Å². The maximum absolute atomic E-state index is 14.1. The minimum absolute atomic E-state index is 0.0125. The van der Waals surface area contributed by atoms with Crippen LogP contribution in [0.3, 0.4) is 0 Å². The zero-order chi connectivity index (χ0) is 15.2. The molecule has 5 heteroatoms. The van der Waals surface area contributed by atoms with Crippen molar-refractivity contribution in [3.05, 3.63) is 0 Å². The zero-order valence-corrected chi connectivity index (χ0v) is 13.0. The quantitative estimate of drug-likeness (QED) is 0.747. The standard InChI is InChI=1S/C13H21FO4.C2H6/c1-12(14,11(15)16-2)8-10-9-17-13(18-10)6-4-3-5-7-13;1-2/h10H,3-9H2,1-2H3;1-2H3/t10?,12-;/m0./s1. The molecule has 1 saturated carbocycles. The first-order valence-corrected chi connectivity index (χ1v) is 7.57. The SMILES string of the molecule is CC.COC(=O)[C@@](C)(F)CC1COC2(CCCCC2)O1. The second-order valence-corrected chi connectivity index (χ2v) is 5.42. The predicted octanol–water partition coefficient (Wildman–Crippen LogP) is 3.38. The van der Waals surface area contributed by atoms with Crippen LogP contribution in [0.5, 0.6) is 0 Å². The van der Waals surface area contributed by atoms with Gasteiger partial charge in [-0.3, -0.25) is 0 Å². The molecule has 118 valence electrons. The highest BCUT2D eigenvalue weighted by Gasteiger charge is 2.46. The molecule has 2 atom stereocenters. The molecule has 1 aliphatic heterocycles. The number of halogens is 1. The van der Waals surface area contributed by atoms with E-state index in [1.54, 1.807) is 0 Å². The largest absolute Gasteiger partial charge is 0.467 e. The molecule has 2 rings (SSSR count). The summed E-state index contributed by atoms with van der Waals surface area (Å²) in [5, 5.41) is 0. The first-order chi connectivity index (χ1) is 9.47. The highest BCUT2D eigenvalue weighted by atomic mass is 19.1. The Morgan fingerprint density at radius 1 is 1.35 bits per heavy atom. The lowest BCUT2D eigenvalue weighted by molar-refractivity contribution is -0.191. The van der Waals surface area contributed by atoms with Crippen LogP contribution in [0.15, 0.2) is 0 Å². The minimum Gasteiger partial charge on any atom is -0.467 e. The van der Waals surface area contributed by atoms with Crippen LogP contribution in [0.1, 0.15) is 59.3 Å². The highest BCUT2D eigenvalue weighted by Crippen LogP contribution is 2.39. The van der Waals surface area contributed by atoms with Crippen LogP contribution in [0.4, 0.5) is 4.39 Å². The molecule has 0 bridgehead atoms. The molecule has 1 heterocycles. The molecule has 2 fully saturated rings. The number of methoxy groups -OCH3 is 1. The third-order valence-electron chi connectivity index (χ3n) is 3.75. The first-order valence-electron chi connectivity index (χ1n) is 7.57. The maximum Gasteiger partial charge on any atom is 0.343 e. The van der Waals surface area contributed by atoms with Crippen molar-refractivity contribution in [1.29, 1.82) is 0 Å². The van der Waals surface area contributed by atoms with Gasteiger partial charge in [-0.25, -0.2) is 9.18 Å². The van der Waals surface area contributed by atoms with E-state index in [0.29, 0.717) is 6.61 Å². The first kappa shape index (κ1) is 17.4. The number of ether oxygens (including phenoxy) is 3. The number of alkyl halides is 1. The van der Waals surface area contributed by atoms with Crippen molar-refractivity contribution < 1.29 is 23.4 Å². The lowest BCUT2D eigenvalue weighted by atomic mass is 9.94. The van der Waals surface area contributed by atoms with Crippen molar-refractivity contribution in [2.45, 2.75) is 76.9 Å². The van der Waals surface area contributed by atoms with E-state index in [4.69, 9.17) is 9.47 Å². The maximum atomic E-state index is 14.1. The van der Waals surface area contributed by atoms with Gasteiger partial charge in [-0.1, -0.05) is 20.3 Å². The van der Waals surface area contributed by atoms with Gasteiger partial charge in [0.2, 0.25) is 5.67 Å². The Labute approximate surface area is 121 Å². The molecule has 2 aliphatic rings. The average Bonchev–Trinajstić information content (AvgIpc) is 2.82. The summed E-state index contributed by atoms with van der Waals surface area (Å²) in [6, 6.07) is 0. The van der Waals surface area contributed by atoms with Crippen LogP contribution >= 0.6 is 0 Å². The molecule has 0 aromatic carbocycles. The number of hydrogen-bond acceptors (Lipinski definition) is 4. The van der Waals surface area contributed by atoms with Crippen LogP contribution in [-0.4, -0.2) is 37.2 Å². The van der Waals surface area contributed by atoms with Crippen LogP contribution in [-0.2, 0) is 19.0 Å². The lowest BCUT2D eigenvalue weighted by Crippen LogP contribution is -2.38. The monoisotopic (exact) mass is 290 g/mol. The van der Waals surface area contributed by atoms with Crippen LogP contribution in [0.25, 0.3) is 0 Å². The number of rotatable bonds is 3. The summed E-state index contributed by atoms with van der Waals surface area (Å²) in [5.41, 5.74) is -2.01. The van der Waals surface area contributed by atoms with Gasteiger partial charge in [0.25, 0.3) is 0 Å². The van der Waals surface area contributed by atoms with Gasteiger partial charge in [0.15, 0.2) is 5.79 Å². The molecule has 4 nitrogen and oxygen atoms in total. The molecule has 0 aromatic heterocycles. The third-order valence-corrected chi connectivity index (χ3v) is 3.75. The Morgan fingerprint density at radius 2 is 1.95 bits per heavy atom. The molecule has 1 spiro atoms. The Morgan fingerprint density at radius 3 is 2.50 bits per heavy atom. The summed E-state index contributed by atoms with van der Waals surface area (Å²) in [6.45, 7) is 5.59. The smallest absolute Gasteiger partial charge is 0.343 e. The van der Waals surface area contributed by atoms with Crippen molar-refractivity contribution in [1.82, 2.24) is 0 Å². The second kappa shape index (κ2) is 7.36. The normalized spacial score (nSPS) is 27.4. The van der Waals surface area contributed by atoms with Gasteiger partial charge in [-0.2, -0.15) is 0 Å². The zero-order valence-electron chi connectivity index (χ0n) is 13.0. The van der Waals surface area contributed by atoms with E-state index in [2.05, 4.69) is 4.74 Å². The fraction of sp³-hybridized carbons (Fsp3) is 0.933. The van der Waals surface area contributed by atoms with Gasteiger partial charge in [0.1, 0.15) is 0 Å². The predicted molar refractivity (Wildman–Crippen MR) is 74.1 cm³/mol. The van der Waals surface area contributed by atoms with E-state index in [1.807, 2.05) is 13.8 Å². The summed E-state index contributed by atoms with van der Waals surface area (Å²) >= 11 is 0. The van der Waals surface area contributed by atoms with Gasteiger partial charge in [0.05, 0.1) is 19.8 Å². The lowest BCUT2D eigenvalue weighted by Gasteiger charge is -2.32. The Kier molecular flexibility index (Phi) is 6.40. The molecule has 0 amide bonds. The summed E-state index contributed by atoms with van der Waals surface area (Å²) < 4.78 is 30.1.